The van der Waals surface area contributed by atoms with Crippen molar-refractivity contribution in [3.8, 4) is 0 Å². The van der Waals surface area contributed by atoms with Crippen molar-refractivity contribution in [1.82, 2.24) is 15.3 Å². The molecule has 2 heterocycles. The van der Waals surface area contributed by atoms with Gasteiger partial charge in [0.1, 0.15) is 6.33 Å². The molecule has 21 heavy (non-hydrogen) atoms. The van der Waals surface area contributed by atoms with Crippen molar-refractivity contribution in [1.29, 1.82) is 0 Å². The van der Waals surface area contributed by atoms with E-state index in [-0.39, 0.29) is 24.1 Å². The van der Waals surface area contributed by atoms with Gasteiger partial charge in [0, 0.05) is 19.5 Å². The molecule has 1 fully saturated rings. The molecule has 5 nitrogen and oxygen atoms in total. The van der Waals surface area contributed by atoms with Crippen LogP contribution in [0, 0.1) is 11.7 Å². The Kier molecular flexibility index (Phi) is 5.35. The van der Waals surface area contributed by atoms with Crippen molar-refractivity contribution in [2.24, 2.45) is 5.92 Å². The van der Waals surface area contributed by atoms with Crippen LogP contribution in [0.5, 0.6) is 0 Å². The van der Waals surface area contributed by atoms with E-state index in [1.807, 2.05) is 4.90 Å². The van der Waals surface area contributed by atoms with Crippen LogP contribution in [0.15, 0.2) is 12.5 Å². The topological polar surface area (TPSA) is 58.1 Å². The smallest absolute Gasteiger partial charge is 0.255 e. The number of hydrogen-bond donors (Lipinski definition) is 1. The van der Waals surface area contributed by atoms with Crippen molar-refractivity contribution < 1.29 is 18.0 Å². The molecule has 1 aliphatic rings. The Labute approximate surface area is 120 Å². The number of carbonyl (C=O) groups excluding carboxylic acids is 1. The number of nitrogens with zero attached hydrogens (tertiary/aromatic N) is 3. The van der Waals surface area contributed by atoms with E-state index in [1.54, 1.807) is 0 Å². The summed E-state index contributed by atoms with van der Waals surface area (Å²) in [7, 11) is 0. The van der Waals surface area contributed by atoms with Crippen molar-refractivity contribution in [3.05, 3.63) is 18.3 Å². The number of nitrogens with one attached hydrogen (secondary N) is 1. The average Bonchev–Trinajstić information content (AvgIpc) is 2.47. The van der Waals surface area contributed by atoms with Crippen LogP contribution >= 0.6 is 0 Å². The van der Waals surface area contributed by atoms with E-state index in [0.717, 1.165) is 6.20 Å². The van der Waals surface area contributed by atoms with Gasteiger partial charge in [-0.1, -0.05) is 0 Å². The van der Waals surface area contributed by atoms with E-state index in [2.05, 4.69) is 15.3 Å². The highest BCUT2D eigenvalue weighted by atomic mass is 19.3. The van der Waals surface area contributed by atoms with E-state index in [9.17, 15) is 18.0 Å². The van der Waals surface area contributed by atoms with Gasteiger partial charge in [-0.3, -0.25) is 4.79 Å². The molecular weight excluding hydrogens is 285 g/mol. The lowest BCUT2D eigenvalue weighted by molar-refractivity contribution is -0.122. The molecule has 0 bridgehead atoms. The van der Waals surface area contributed by atoms with Crippen molar-refractivity contribution in [2.45, 2.75) is 25.7 Å². The number of aromatic nitrogens is 2. The zero-order valence-electron chi connectivity index (χ0n) is 11.4. The molecular formula is C13H17F3N4O. The number of alkyl halides is 2. The minimum absolute atomic E-state index is 0.129. The molecule has 1 saturated heterocycles. The normalized spacial score (nSPS) is 16.3. The maximum absolute atomic E-state index is 13.6. The Morgan fingerprint density at radius 2 is 2.14 bits per heavy atom. The van der Waals surface area contributed by atoms with Crippen LogP contribution in [0.1, 0.15) is 19.3 Å². The number of rotatable bonds is 5. The van der Waals surface area contributed by atoms with Crippen LogP contribution in [0.25, 0.3) is 0 Å². The third kappa shape index (κ3) is 4.57. The summed E-state index contributed by atoms with van der Waals surface area (Å²) in [6.07, 6.45) is 1.51. The van der Waals surface area contributed by atoms with Crippen molar-refractivity contribution in [3.63, 3.8) is 0 Å². The molecule has 1 N–H and O–H groups in total. The number of anilines is 1. The highest BCUT2D eigenvalue weighted by Crippen LogP contribution is 2.25. The average molecular weight is 302 g/mol. The van der Waals surface area contributed by atoms with Gasteiger partial charge in [-0.05, 0) is 18.8 Å². The fourth-order valence-electron chi connectivity index (χ4n) is 2.41. The summed E-state index contributed by atoms with van der Waals surface area (Å²) >= 11 is 0. The SMILES string of the molecule is O=C(CC1CCN(c2ncncc2F)CC1)NCC(F)F. The Hall–Kier alpha value is -1.86. The van der Waals surface area contributed by atoms with E-state index in [4.69, 9.17) is 0 Å². The van der Waals surface area contributed by atoms with Gasteiger partial charge in [0.25, 0.3) is 6.43 Å². The predicted octanol–water partition coefficient (Wildman–Crippen LogP) is 1.60. The van der Waals surface area contributed by atoms with Gasteiger partial charge in [-0.2, -0.15) is 0 Å². The predicted molar refractivity (Wildman–Crippen MR) is 70.6 cm³/mol. The maximum Gasteiger partial charge on any atom is 0.255 e. The maximum atomic E-state index is 13.6. The van der Waals surface area contributed by atoms with Crippen LogP contribution in [-0.2, 0) is 4.79 Å². The molecule has 1 aromatic rings. The van der Waals surface area contributed by atoms with E-state index < -0.39 is 18.8 Å². The number of carbonyl (C=O) groups is 1. The fourth-order valence-corrected chi connectivity index (χ4v) is 2.41. The summed E-state index contributed by atoms with van der Waals surface area (Å²) in [5.74, 6) is -0.429. The molecule has 1 aromatic heterocycles. The molecule has 0 spiro atoms. The molecule has 0 saturated carbocycles. The lowest BCUT2D eigenvalue weighted by Gasteiger charge is -2.32. The Morgan fingerprint density at radius 3 is 2.76 bits per heavy atom. The van der Waals surface area contributed by atoms with Gasteiger partial charge < -0.3 is 10.2 Å². The first-order valence-corrected chi connectivity index (χ1v) is 6.81. The second-order valence-electron chi connectivity index (χ2n) is 5.02. The lowest BCUT2D eigenvalue weighted by Crippen LogP contribution is -2.37. The second kappa shape index (κ2) is 7.24. The first-order valence-electron chi connectivity index (χ1n) is 6.81. The molecule has 1 aliphatic heterocycles. The first kappa shape index (κ1) is 15.5. The summed E-state index contributed by atoms with van der Waals surface area (Å²) in [5, 5.41) is 2.20. The third-order valence-corrected chi connectivity index (χ3v) is 3.49. The minimum Gasteiger partial charge on any atom is -0.354 e. The highest BCUT2D eigenvalue weighted by molar-refractivity contribution is 5.76. The molecule has 0 radical (unpaired) electrons. The van der Waals surface area contributed by atoms with Crippen LogP contribution < -0.4 is 10.2 Å². The van der Waals surface area contributed by atoms with Gasteiger partial charge in [0.2, 0.25) is 5.91 Å². The standard InChI is InChI=1S/C13H17F3N4O/c14-10-6-17-8-19-13(10)20-3-1-9(2-4-20)5-12(21)18-7-11(15)16/h6,8-9,11H,1-5,7H2,(H,18,21). The Bertz CT molecular complexity index is 478. The number of halogens is 3. The number of hydrogen-bond acceptors (Lipinski definition) is 4. The molecule has 1 amide bonds. The van der Waals surface area contributed by atoms with Gasteiger partial charge >= 0.3 is 0 Å². The van der Waals surface area contributed by atoms with Crippen LogP contribution in [-0.4, -0.2) is 41.9 Å². The quantitative estimate of drug-likeness (QED) is 0.897. The molecule has 8 heteroatoms. The van der Waals surface area contributed by atoms with Crippen LogP contribution in [0.4, 0.5) is 19.0 Å². The molecule has 0 aromatic carbocycles. The Morgan fingerprint density at radius 1 is 1.43 bits per heavy atom. The monoisotopic (exact) mass is 302 g/mol. The Balaban J connectivity index is 1.78. The highest BCUT2D eigenvalue weighted by Gasteiger charge is 2.24. The van der Waals surface area contributed by atoms with Gasteiger partial charge in [-0.25, -0.2) is 23.1 Å². The summed E-state index contributed by atoms with van der Waals surface area (Å²) in [5.41, 5.74) is 0. The number of piperidine rings is 1. The van der Waals surface area contributed by atoms with Gasteiger partial charge in [-0.15, -0.1) is 0 Å². The molecule has 0 aliphatic carbocycles. The van der Waals surface area contributed by atoms with Crippen LogP contribution in [0.2, 0.25) is 0 Å². The zero-order valence-corrected chi connectivity index (χ0v) is 11.4. The summed E-state index contributed by atoms with van der Waals surface area (Å²) in [6.45, 7) is 0.561. The fraction of sp³-hybridized carbons (Fsp3) is 0.615. The van der Waals surface area contributed by atoms with E-state index >= 15 is 0 Å². The van der Waals surface area contributed by atoms with E-state index in [0.29, 0.717) is 25.9 Å². The van der Waals surface area contributed by atoms with Crippen molar-refractivity contribution in [2.75, 3.05) is 24.5 Å². The summed E-state index contributed by atoms with van der Waals surface area (Å²) in [4.78, 5) is 20.8. The van der Waals surface area contributed by atoms with Crippen molar-refractivity contribution >= 4 is 11.7 Å². The first-order chi connectivity index (χ1) is 10.1. The van der Waals surface area contributed by atoms with Gasteiger partial charge in [0.15, 0.2) is 11.6 Å². The van der Waals surface area contributed by atoms with Crippen LogP contribution in [0.3, 0.4) is 0 Å². The van der Waals surface area contributed by atoms with E-state index in [1.165, 1.54) is 6.33 Å². The number of amides is 1. The third-order valence-electron chi connectivity index (χ3n) is 3.49. The lowest BCUT2D eigenvalue weighted by atomic mass is 9.93. The second-order valence-corrected chi connectivity index (χ2v) is 5.02. The molecule has 2 rings (SSSR count). The van der Waals surface area contributed by atoms with Gasteiger partial charge in [0.05, 0.1) is 12.7 Å². The minimum atomic E-state index is -2.53. The molecule has 0 atom stereocenters. The largest absolute Gasteiger partial charge is 0.354 e. The zero-order chi connectivity index (χ0) is 15.2. The summed E-state index contributed by atoms with van der Waals surface area (Å²) < 4.78 is 37.5. The molecule has 116 valence electrons. The summed E-state index contributed by atoms with van der Waals surface area (Å²) in [6, 6.07) is 0. The molecule has 0 unspecified atom stereocenters.